The lowest BCUT2D eigenvalue weighted by Crippen LogP contribution is -2.51. The van der Waals surface area contributed by atoms with Crippen molar-refractivity contribution in [1.29, 1.82) is 0 Å². The number of carboxylic acids is 1. The lowest BCUT2D eigenvalue weighted by molar-refractivity contribution is -0.139. The van der Waals surface area contributed by atoms with Crippen molar-refractivity contribution in [2.75, 3.05) is 18.9 Å². The molecule has 0 unspecified atom stereocenters. The van der Waals surface area contributed by atoms with Crippen LogP contribution in [-0.2, 0) is 23.8 Å². The number of benzene rings is 5. The molecule has 10 nitrogen and oxygen atoms in total. The first kappa shape index (κ1) is 40.6. The van der Waals surface area contributed by atoms with Gasteiger partial charge in [-0.1, -0.05) is 140 Å². The number of ether oxygens (including phenoxy) is 2. The predicted molar refractivity (Wildman–Crippen MR) is 222 cm³/mol. The first-order valence-electron chi connectivity index (χ1n) is 18.9. The van der Waals surface area contributed by atoms with E-state index in [0.29, 0.717) is 0 Å². The summed E-state index contributed by atoms with van der Waals surface area (Å²) in [6.45, 7) is 5.11. The third-order valence-electron chi connectivity index (χ3n) is 9.68. The van der Waals surface area contributed by atoms with Crippen LogP contribution in [0.15, 0.2) is 140 Å². The maximum absolute atomic E-state index is 13.9. The summed E-state index contributed by atoms with van der Waals surface area (Å²) in [6, 6.07) is 43.3. The van der Waals surface area contributed by atoms with Gasteiger partial charge < -0.3 is 30.5 Å². The van der Waals surface area contributed by atoms with E-state index in [0.717, 1.165) is 38.9 Å². The highest BCUT2D eigenvalue weighted by Gasteiger charge is 2.39. The van der Waals surface area contributed by atoms with Gasteiger partial charge in [-0.2, -0.15) is 0 Å². The van der Waals surface area contributed by atoms with E-state index in [1.807, 2.05) is 140 Å². The highest BCUT2D eigenvalue weighted by molar-refractivity contribution is 8.00. The minimum Gasteiger partial charge on any atom is -0.480 e. The van der Waals surface area contributed by atoms with Crippen LogP contribution in [0.3, 0.4) is 0 Å². The zero-order valence-corrected chi connectivity index (χ0v) is 33.0. The number of rotatable bonds is 15. The Morgan fingerprint density at radius 2 is 1.11 bits per heavy atom. The Kier molecular flexibility index (Phi) is 13.0. The molecule has 4 N–H and O–H groups in total. The Morgan fingerprint density at radius 1 is 0.649 bits per heavy atom. The third-order valence-corrected chi connectivity index (χ3v) is 11.3. The number of amides is 3. The fourth-order valence-corrected chi connectivity index (χ4v) is 8.67. The molecule has 0 heterocycles. The number of nitrogens with one attached hydrogen (secondary N) is 3. The minimum absolute atomic E-state index is 0.0229. The summed E-state index contributed by atoms with van der Waals surface area (Å²) in [7, 11) is 0. The van der Waals surface area contributed by atoms with Crippen molar-refractivity contribution in [3.63, 3.8) is 0 Å². The second kappa shape index (κ2) is 18.3. The molecule has 5 aromatic rings. The minimum atomic E-state index is -1.35. The lowest BCUT2D eigenvalue weighted by atomic mass is 9.84. The van der Waals surface area contributed by atoms with Crippen LogP contribution in [-0.4, -0.2) is 65.8 Å². The van der Waals surface area contributed by atoms with E-state index in [-0.39, 0.29) is 31.2 Å². The number of thioether (sulfide) groups is 1. The molecule has 11 heteroatoms. The van der Waals surface area contributed by atoms with Gasteiger partial charge in [0.2, 0.25) is 5.91 Å². The van der Waals surface area contributed by atoms with Gasteiger partial charge in [-0.05, 0) is 66.1 Å². The van der Waals surface area contributed by atoms with Crippen molar-refractivity contribution < 1.29 is 33.8 Å². The molecule has 6 rings (SSSR count). The number of carboxylic acid groups (broad SMARTS) is 1. The number of aliphatic carboxylic acids is 1. The third kappa shape index (κ3) is 9.85. The van der Waals surface area contributed by atoms with Crippen molar-refractivity contribution >= 4 is 35.8 Å². The molecular weight excluding hydrogens is 739 g/mol. The van der Waals surface area contributed by atoms with Crippen molar-refractivity contribution in [3.05, 3.63) is 167 Å². The van der Waals surface area contributed by atoms with E-state index in [1.165, 1.54) is 11.8 Å². The molecule has 0 aliphatic heterocycles. The van der Waals surface area contributed by atoms with Crippen LogP contribution in [0, 0.1) is 0 Å². The fourth-order valence-electron chi connectivity index (χ4n) is 7.11. The summed E-state index contributed by atoms with van der Waals surface area (Å²) in [4.78, 5) is 52.3. The average molecular weight is 786 g/mol. The second-order valence-corrected chi connectivity index (χ2v) is 16.0. The second-order valence-electron chi connectivity index (χ2n) is 14.7. The largest absolute Gasteiger partial charge is 0.480 e. The van der Waals surface area contributed by atoms with Crippen LogP contribution < -0.4 is 16.0 Å². The van der Waals surface area contributed by atoms with Crippen LogP contribution in [0.4, 0.5) is 9.59 Å². The SMILES string of the molecule is CC(C)(C)OC(=O)N[C@@H](CSC(c1ccccc1)(c1ccccc1)c1ccccc1)C(=O)NCC[C@H](NC(=O)OCC1c2ccccc2-c2ccccc21)C(=O)O. The molecule has 2 atom stereocenters. The summed E-state index contributed by atoms with van der Waals surface area (Å²) >= 11 is 1.49. The Morgan fingerprint density at radius 3 is 1.58 bits per heavy atom. The molecule has 0 aromatic heterocycles. The molecule has 0 bridgehead atoms. The van der Waals surface area contributed by atoms with Crippen LogP contribution in [0.1, 0.15) is 60.9 Å². The van der Waals surface area contributed by atoms with E-state index >= 15 is 0 Å². The van der Waals surface area contributed by atoms with Gasteiger partial charge in [-0.25, -0.2) is 14.4 Å². The Hall–Kier alpha value is -6.07. The molecule has 1 aliphatic carbocycles. The number of carbonyl (C=O) groups excluding carboxylic acids is 3. The van der Waals surface area contributed by atoms with Crippen molar-refractivity contribution in [2.24, 2.45) is 0 Å². The smallest absolute Gasteiger partial charge is 0.408 e. The van der Waals surface area contributed by atoms with E-state index in [9.17, 15) is 24.3 Å². The molecule has 1 aliphatic rings. The van der Waals surface area contributed by atoms with E-state index in [2.05, 4.69) is 16.0 Å². The van der Waals surface area contributed by atoms with Gasteiger partial charge in [-0.15, -0.1) is 11.8 Å². The molecule has 0 fully saturated rings. The summed E-state index contributed by atoms with van der Waals surface area (Å²) in [5, 5.41) is 18.0. The predicted octanol–water partition coefficient (Wildman–Crippen LogP) is 8.10. The van der Waals surface area contributed by atoms with E-state index in [4.69, 9.17) is 9.47 Å². The molecular formula is C46H47N3O7S. The number of fused-ring (bicyclic) bond motifs is 3. The number of hydrogen-bond donors (Lipinski definition) is 4. The summed E-state index contributed by atoms with van der Waals surface area (Å²) in [5.41, 5.74) is 6.33. The van der Waals surface area contributed by atoms with Gasteiger partial charge in [0.05, 0.1) is 4.75 Å². The maximum Gasteiger partial charge on any atom is 0.408 e. The summed E-state index contributed by atoms with van der Waals surface area (Å²) < 4.78 is 10.3. The highest BCUT2D eigenvalue weighted by Crippen LogP contribution is 2.49. The molecule has 0 spiro atoms. The van der Waals surface area contributed by atoms with Gasteiger partial charge in [0.1, 0.15) is 24.3 Å². The molecule has 0 saturated heterocycles. The monoisotopic (exact) mass is 785 g/mol. The first-order chi connectivity index (χ1) is 27.5. The molecule has 57 heavy (non-hydrogen) atoms. The van der Waals surface area contributed by atoms with Gasteiger partial charge >= 0.3 is 18.2 Å². The standard InChI is InChI=1S/C46H47N3O7S/c1-45(2,3)56-44(54)49-40(30-57-46(31-17-7-4-8-18-31,32-19-9-5-10-20-32)33-21-11-6-12-22-33)41(50)47-28-27-39(42(51)52)48-43(53)55-29-38-36-25-15-13-23-34(36)35-24-14-16-26-37(35)38/h4-26,38-40H,27-30H2,1-3H3,(H,47,50)(H,48,53)(H,49,54)(H,51,52)/t39-,40-/m0/s1. The van der Waals surface area contributed by atoms with Crippen molar-refractivity contribution in [1.82, 2.24) is 16.0 Å². The Bertz CT molecular complexity index is 2020. The van der Waals surface area contributed by atoms with Gasteiger partial charge in [0, 0.05) is 18.2 Å². The highest BCUT2D eigenvalue weighted by atomic mass is 32.2. The lowest BCUT2D eigenvalue weighted by Gasteiger charge is -2.36. The topological polar surface area (TPSA) is 143 Å². The average Bonchev–Trinajstić information content (AvgIpc) is 3.53. The van der Waals surface area contributed by atoms with Crippen LogP contribution in [0.5, 0.6) is 0 Å². The van der Waals surface area contributed by atoms with Gasteiger partial charge in [-0.3, -0.25) is 4.79 Å². The normalized spacial score (nSPS) is 13.3. The zero-order valence-electron chi connectivity index (χ0n) is 32.1. The molecule has 3 amide bonds. The Labute approximate surface area is 337 Å². The van der Waals surface area contributed by atoms with E-state index in [1.54, 1.807) is 20.8 Å². The Balaban J connectivity index is 1.15. The quantitative estimate of drug-likeness (QED) is 0.0781. The zero-order chi connectivity index (χ0) is 40.4. The number of carbonyl (C=O) groups is 4. The number of hydrogen-bond acceptors (Lipinski definition) is 7. The molecule has 0 radical (unpaired) electrons. The number of alkyl carbamates (subject to hydrolysis) is 2. The van der Waals surface area contributed by atoms with Crippen LogP contribution in [0.25, 0.3) is 11.1 Å². The van der Waals surface area contributed by atoms with Crippen molar-refractivity contribution in [3.8, 4) is 11.1 Å². The molecule has 0 saturated carbocycles. The molecule has 5 aromatic carbocycles. The first-order valence-corrected chi connectivity index (χ1v) is 19.9. The summed E-state index contributed by atoms with van der Waals surface area (Å²) in [5.74, 6) is -1.90. The fraction of sp³-hybridized carbons (Fsp3) is 0.261. The summed E-state index contributed by atoms with van der Waals surface area (Å²) in [6.07, 6.45) is -1.79. The van der Waals surface area contributed by atoms with Crippen LogP contribution >= 0.6 is 11.8 Å². The van der Waals surface area contributed by atoms with Crippen LogP contribution in [0.2, 0.25) is 0 Å². The maximum atomic E-state index is 13.9. The van der Waals surface area contributed by atoms with Gasteiger partial charge in [0.15, 0.2) is 0 Å². The molecule has 294 valence electrons. The van der Waals surface area contributed by atoms with Gasteiger partial charge in [0.25, 0.3) is 0 Å². The van der Waals surface area contributed by atoms with E-state index < -0.39 is 46.5 Å². The van der Waals surface area contributed by atoms with Crippen molar-refractivity contribution in [2.45, 2.75) is 55.5 Å².